The molecule has 0 spiro atoms. The van der Waals surface area contributed by atoms with Crippen molar-refractivity contribution in [3.8, 4) is 0 Å². The van der Waals surface area contributed by atoms with Gasteiger partial charge in [0.05, 0.1) is 6.10 Å². The fourth-order valence-electron chi connectivity index (χ4n) is 2.03. The van der Waals surface area contributed by atoms with Crippen LogP contribution in [0.5, 0.6) is 0 Å². The predicted octanol–water partition coefficient (Wildman–Crippen LogP) is 3.02. The van der Waals surface area contributed by atoms with Crippen molar-refractivity contribution in [1.82, 2.24) is 5.32 Å². The van der Waals surface area contributed by atoms with E-state index in [9.17, 15) is 4.39 Å². The van der Waals surface area contributed by atoms with Crippen LogP contribution >= 0.6 is 0 Å². The van der Waals surface area contributed by atoms with Crippen LogP contribution in [-0.4, -0.2) is 26.3 Å². The summed E-state index contributed by atoms with van der Waals surface area (Å²) in [7, 11) is 1.95. The molecule has 1 aromatic rings. The topological polar surface area (TPSA) is 21.3 Å². The van der Waals surface area contributed by atoms with Gasteiger partial charge < -0.3 is 10.1 Å². The molecule has 0 aromatic heterocycles. The third-order valence-corrected chi connectivity index (χ3v) is 2.88. The molecule has 0 saturated heterocycles. The smallest absolute Gasteiger partial charge is 0.123 e. The van der Waals surface area contributed by atoms with Gasteiger partial charge in [0.15, 0.2) is 0 Å². The molecule has 1 N–H and O–H groups in total. The van der Waals surface area contributed by atoms with Crippen molar-refractivity contribution in [2.24, 2.45) is 5.92 Å². The highest BCUT2D eigenvalue weighted by Gasteiger charge is 2.10. The van der Waals surface area contributed by atoms with Crippen molar-refractivity contribution in [2.45, 2.75) is 32.8 Å². The third kappa shape index (κ3) is 6.12. The summed E-state index contributed by atoms with van der Waals surface area (Å²) >= 11 is 0. The van der Waals surface area contributed by atoms with Crippen LogP contribution in [-0.2, 0) is 11.2 Å². The van der Waals surface area contributed by atoms with Gasteiger partial charge in [-0.3, -0.25) is 0 Å². The van der Waals surface area contributed by atoms with E-state index in [0.717, 1.165) is 31.6 Å². The SMILES string of the molecule is CNCC(CCOC(C)C)Cc1cccc(F)c1. The summed E-state index contributed by atoms with van der Waals surface area (Å²) in [4.78, 5) is 0. The summed E-state index contributed by atoms with van der Waals surface area (Å²) in [6.45, 7) is 5.77. The van der Waals surface area contributed by atoms with Crippen molar-refractivity contribution in [3.63, 3.8) is 0 Å². The Labute approximate surface area is 110 Å². The fraction of sp³-hybridized carbons (Fsp3) is 0.600. The van der Waals surface area contributed by atoms with E-state index in [2.05, 4.69) is 5.32 Å². The van der Waals surface area contributed by atoms with Gasteiger partial charge in [-0.2, -0.15) is 0 Å². The highest BCUT2D eigenvalue weighted by Crippen LogP contribution is 2.13. The summed E-state index contributed by atoms with van der Waals surface area (Å²) in [6.07, 6.45) is 2.16. The lowest BCUT2D eigenvalue weighted by Crippen LogP contribution is -2.23. The number of nitrogens with one attached hydrogen (secondary N) is 1. The largest absolute Gasteiger partial charge is 0.379 e. The zero-order chi connectivity index (χ0) is 13.4. The minimum Gasteiger partial charge on any atom is -0.379 e. The van der Waals surface area contributed by atoms with Crippen LogP contribution in [0.25, 0.3) is 0 Å². The first-order valence-corrected chi connectivity index (χ1v) is 6.62. The number of ether oxygens (including phenoxy) is 1. The molecule has 18 heavy (non-hydrogen) atoms. The van der Waals surface area contributed by atoms with E-state index in [-0.39, 0.29) is 11.9 Å². The van der Waals surface area contributed by atoms with Crippen LogP contribution in [0.2, 0.25) is 0 Å². The van der Waals surface area contributed by atoms with Crippen molar-refractivity contribution in [2.75, 3.05) is 20.2 Å². The van der Waals surface area contributed by atoms with Crippen molar-refractivity contribution < 1.29 is 9.13 Å². The molecule has 1 unspecified atom stereocenters. The second-order valence-electron chi connectivity index (χ2n) is 4.97. The van der Waals surface area contributed by atoms with E-state index in [1.165, 1.54) is 6.07 Å². The Bertz CT molecular complexity index is 341. The minimum atomic E-state index is -0.158. The molecule has 1 rings (SSSR count). The molecule has 0 aliphatic carbocycles. The Morgan fingerprint density at radius 1 is 1.33 bits per heavy atom. The average molecular weight is 253 g/mol. The lowest BCUT2D eigenvalue weighted by molar-refractivity contribution is 0.0684. The van der Waals surface area contributed by atoms with E-state index in [1.54, 1.807) is 12.1 Å². The van der Waals surface area contributed by atoms with Gasteiger partial charge >= 0.3 is 0 Å². The summed E-state index contributed by atoms with van der Waals surface area (Å²) in [5.74, 6) is 0.324. The van der Waals surface area contributed by atoms with Crippen LogP contribution in [0.1, 0.15) is 25.8 Å². The van der Waals surface area contributed by atoms with Gasteiger partial charge in [-0.15, -0.1) is 0 Å². The Balaban J connectivity index is 2.46. The van der Waals surface area contributed by atoms with E-state index in [0.29, 0.717) is 5.92 Å². The molecule has 1 atom stereocenters. The summed E-state index contributed by atoms with van der Waals surface area (Å²) < 4.78 is 18.7. The first-order chi connectivity index (χ1) is 8.61. The first kappa shape index (κ1) is 15.1. The Morgan fingerprint density at radius 3 is 2.72 bits per heavy atom. The average Bonchev–Trinajstić information content (AvgIpc) is 2.28. The van der Waals surface area contributed by atoms with Crippen molar-refractivity contribution in [1.29, 1.82) is 0 Å². The standard InChI is InChI=1S/C15H24FNO/c1-12(2)18-8-7-14(11-17-3)9-13-5-4-6-15(16)10-13/h4-6,10,12,14,17H,7-9,11H2,1-3H3. The maximum atomic E-state index is 13.1. The molecule has 0 bridgehead atoms. The lowest BCUT2D eigenvalue weighted by atomic mass is 9.96. The first-order valence-electron chi connectivity index (χ1n) is 6.62. The van der Waals surface area contributed by atoms with Gasteiger partial charge in [-0.25, -0.2) is 4.39 Å². The van der Waals surface area contributed by atoms with Crippen LogP contribution < -0.4 is 5.32 Å². The number of rotatable bonds is 8. The van der Waals surface area contributed by atoms with Crippen LogP contribution in [0, 0.1) is 11.7 Å². The molecule has 0 heterocycles. The maximum absolute atomic E-state index is 13.1. The molecule has 0 saturated carbocycles. The molecule has 0 aliphatic rings. The second kappa shape index (κ2) is 8.22. The normalized spacial score (nSPS) is 12.9. The van der Waals surface area contributed by atoms with Crippen LogP contribution in [0.4, 0.5) is 4.39 Å². The second-order valence-corrected chi connectivity index (χ2v) is 4.97. The van der Waals surface area contributed by atoms with E-state index >= 15 is 0 Å². The van der Waals surface area contributed by atoms with E-state index < -0.39 is 0 Å². The molecule has 0 radical (unpaired) electrons. The Morgan fingerprint density at radius 2 is 2.11 bits per heavy atom. The number of halogens is 1. The Kier molecular flexibility index (Phi) is 6.91. The molecule has 2 nitrogen and oxygen atoms in total. The maximum Gasteiger partial charge on any atom is 0.123 e. The molecule has 1 aromatic carbocycles. The predicted molar refractivity (Wildman–Crippen MR) is 73.2 cm³/mol. The highest BCUT2D eigenvalue weighted by molar-refractivity contribution is 5.16. The van der Waals surface area contributed by atoms with E-state index in [4.69, 9.17) is 4.74 Å². The number of hydrogen-bond donors (Lipinski definition) is 1. The Hall–Kier alpha value is -0.930. The highest BCUT2D eigenvalue weighted by atomic mass is 19.1. The van der Waals surface area contributed by atoms with Crippen molar-refractivity contribution in [3.05, 3.63) is 35.6 Å². The van der Waals surface area contributed by atoms with Crippen LogP contribution in [0.3, 0.4) is 0 Å². The van der Waals surface area contributed by atoms with Gasteiger partial charge in [0.2, 0.25) is 0 Å². The van der Waals surface area contributed by atoms with Gasteiger partial charge in [0.1, 0.15) is 5.82 Å². The monoisotopic (exact) mass is 253 g/mol. The summed E-state index contributed by atoms with van der Waals surface area (Å²) in [5, 5.41) is 3.19. The fourth-order valence-corrected chi connectivity index (χ4v) is 2.03. The number of benzene rings is 1. The quantitative estimate of drug-likeness (QED) is 0.769. The zero-order valence-electron chi connectivity index (χ0n) is 11.6. The number of hydrogen-bond acceptors (Lipinski definition) is 2. The van der Waals surface area contributed by atoms with E-state index in [1.807, 2.05) is 27.0 Å². The molecule has 0 amide bonds. The third-order valence-electron chi connectivity index (χ3n) is 2.88. The van der Waals surface area contributed by atoms with Crippen LogP contribution in [0.15, 0.2) is 24.3 Å². The van der Waals surface area contributed by atoms with Gasteiger partial charge in [0, 0.05) is 6.61 Å². The van der Waals surface area contributed by atoms with Gasteiger partial charge in [-0.05, 0) is 63.9 Å². The summed E-state index contributed by atoms with van der Waals surface area (Å²) in [6, 6.07) is 6.85. The van der Waals surface area contributed by atoms with Crippen molar-refractivity contribution >= 4 is 0 Å². The minimum absolute atomic E-state index is 0.158. The molecular weight excluding hydrogens is 229 g/mol. The molecular formula is C15H24FNO. The summed E-state index contributed by atoms with van der Waals surface area (Å²) in [5.41, 5.74) is 1.06. The van der Waals surface area contributed by atoms with Gasteiger partial charge in [0.25, 0.3) is 0 Å². The van der Waals surface area contributed by atoms with Gasteiger partial charge in [-0.1, -0.05) is 12.1 Å². The molecule has 3 heteroatoms. The molecule has 102 valence electrons. The molecule has 0 aliphatic heterocycles. The zero-order valence-corrected chi connectivity index (χ0v) is 11.6. The lowest BCUT2D eigenvalue weighted by Gasteiger charge is -2.17. The molecule has 0 fully saturated rings.